The number of carbonyl (C=O) groups is 1. The van der Waals surface area contributed by atoms with Crippen molar-refractivity contribution in [3.63, 3.8) is 0 Å². The molecule has 0 aliphatic carbocycles. The Morgan fingerprint density at radius 1 is 1.44 bits per heavy atom. The van der Waals surface area contributed by atoms with Crippen molar-refractivity contribution in [3.8, 4) is 16.3 Å². The van der Waals surface area contributed by atoms with E-state index in [1.165, 1.54) is 11.5 Å². The molecule has 0 aliphatic heterocycles. The van der Waals surface area contributed by atoms with Crippen LogP contribution in [0.3, 0.4) is 0 Å². The Labute approximate surface area is 113 Å². The summed E-state index contributed by atoms with van der Waals surface area (Å²) < 4.78 is 9.10. The van der Waals surface area contributed by atoms with Gasteiger partial charge in [-0.2, -0.15) is 9.36 Å². The molecule has 1 aromatic heterocycles. The average Bonchev–Trinajstić information content (AvgIpc) is 2.87. The van der Waals surface area contributed by atoms with Gasteiger partial charge in [0.2, 0.25) is 11.9 Å². The lowest BCUT2D eigenvalue weighted by molar-refractivity contribution is -0.114. The van der Waals surface area contributed by atoms with E-state index in [2.05, 4.69) is 14.7 Å². The number of nitrogens with one attached hydrogen (secondary N) is 1. The Bertz CT molecular complexity index is 541. The van der Waals surface area contributed by atoms with E-state index in [9.17, 15) is 4.79 Å². The maximum Gasteiger partial charge on any atom is 0.241 e. The molecule has 1 aromatic carbocycles. The lowest BCUT2D eigenvalue weighted by atomic mass is 10.2. The first-order chi connectivity index (χ1) is 8.72. The Kier molecular flexibility index (Phi) is 4.11. The zero-order valence-corrected chi connectivity index (χ0v) is 11.1. The van der Waals surface area contributed by atoms with Gasteiger partial charge in [-0.1, -0.05) is 0 Å². The summed E-state index contributed by atoms with van der Waals surface area (Å²) in [6.45, 7) is 0. The highest BCUT2D eigenvalue weighted by Gasteiger charge is 2.08. The van der Waals surface area contributed by atoms with Gasteiger partial charge in [0.15, 0.2) is 0 Å². The number of halogens is 1. The van der Waals surface area contributed by atoms with Crippen LogP contribution in [0.25, 0.3) is 10.6 Å². The average molecular weight is 284 g/mol. The maximum atomic E-state index is 11.1. The highest BCUT2D eigenvalue weighted by Crippen LogP contribution is 2.25. The Hall–Kier alpha value is -1.66. The van der Waals surface area contributed by atoms with Gasteiger partial charge in [-0.3, -0.25) is 10.1 Å². The third-order valence-corrected chi connectivity index (χ3v) is 3.14. The summed E-state index contributed by atoms with van der Waals surface area (Å²) in [5.74, 6) is 0.614. The van der Waals surface area contributed by atoms with Crippen LogP contribution in [-0.4, -0.2) is 28.3 Å². The largest absolute Gasteiger partial charge is 0.497 e. The highest BCUT2D eigenvalue weighted by atomic mass is 35.5. The van der Waals surface area contributed by atoms with E-state index in [-0.39, 0.29) is 17.7 Å². The number of aromatic nitrogens is 2. The number of benzene rings is 1. The first-order valence-corrected chi connectivity index (χ1v) is 6.37. The van der Waals surface area contributed by atoms with E-state index >= 15 is 0 Å². The monoisotopic (exact) mass is 283 g/mol. The molecule has 0 atom stereocenters. The lowest BCUT2D eigenvalue weighted by Gasteiger charge is -1.99. The second kappa shape index (κ2) is 5.79. The van der Waals surface area contributed by atoms with Crippen molar-refractivity contribution in [1.29, 1.82) is 0 Å². The van der Waals surface area contributed by atoms with E-state index in [0.29, 0.717) is 0 Å². The molecule has 1 amide bonds. The molecule has 0 fully saturated rings. The summed E-state index contributed by atoms with van der Waals surface area (Å²) in [4.78, 5) is 15.3. The zero-order chi connectivity index (χ0) is 13.0. The summed E-state index contributed by atoms with van der Waals surface area (Å²) in [7, 11) is 1.61. The minimum atomic E-state index is -0.323. The molecule has 1 heterocycles. The predicted molar refractivity (Wildman–Crippen MR) is 71.2 cm³/mol. The normalized spacial score (nSPS) is 10.1. The number of hydrogen-bond acceptors (Lipinski definition) is 5. The fourth-order valence-corrected chi connectivity index (χ4v) is 1.98. The van der Waals surface area contributed by atoms with Gasteiger partial charge in [0.1, 0.15) is 16.6 Å². The molecule has 18 heavy (non-hydrogen) atoms. The van der Waals surface area contributed by atoms with Crippen molar-refractivity contribution < 1.29 is 9.53 Å². The van der Waals surface area contributed by atoms with Crippen LogP contribution in [0, 0.1) is 0 Å². The number of ether oxygens (including phenoxy) is 1. The SMILES string of the molecule is COc1ccc(-c2nc(NC(=O)CCl)ns2)cc1. The molecule has 0 saturated heterocycles. The number of nitrogens with zero attached hydrogens (tertiary/aromatic N) is 2. The third kappa shape index (κ3) is 2.96. The number of rotatable bonds is 4. The predicted octanol–water partition coefficient (Wildman–Crippen LogP) is 2.39. The first kappa shape index (κ1) is 12.8. The summed E-state index contributed by atoms with van der Waals surface area (Å²) in [6, 6.07) is 7.44. The van der Waals surface area contributed by atoms with Crippen molar-refractivity contribution >= 4 is 35.0 Å². The van der Waals surface area contributed by atoms with Crippen LogP contribution in [0.15, 0.2) is 24.3 Å². The molecule has 7 heteroatoms. The van der Waals surface area contributed by atoms with Crippen molar-refractivity contribution in [1.82, 2.24) is 9.36 Å². The molecule has 2 aromatic rings. The smallest absolute Gasteiger partial charge is 0.241 e. The van der Waals surface area contributed by atoms with Crippen LogP contribution >= 0.6 is 23.1 Å². The second-order valence-electron chi connectivity index (χ2n) is 3.33. The van der Waals surface area contributed by atoms with E-state index in [1.807, 2.05) is 24.3 Å². The molecular formula is C11H10ClN3O2S. The second-order valence-corrected chi connectivity index (χ2v) is 4.35. The molecule has 0 radical (unpaired) electrons. The Morgan fingerprint density at radius 3 is 2.78 bits per heavy atom. The first-order valence-electron chi connectivity index (χ1n) is 5.07. The van der Waals surface area contributed by atoms with Gasteiger partial charge >= 0.3 is 0 Å². The van der Waals surface area contributed by atoms with Crippen LogP contribution in [0.4, 0.5) is 5.95 Å². The molecule has 2 rings (SSSR count). The number of alkyl halides is 1. The van der Waals surface area contributed by atoms with Crippen LogP contribution < -0.4 is 10.1 Å². The van der Waals surface area contributed by atoms with Crippen LogP contribution in [0.5, 0.6) is 5.75 Å². The van der Waals surface area contributed by atoms with Crippen LogP contribution in [0.2, 0.25) is 0 Å². The van der Waals surface area contributed by atoms with E-state index in [4.69, 9.17) is 16.3 Å². The van der Waals surface area contributed by atoms with Crippen molar-refractivity contribution in [2.45, 2.75) is 0 Å². The zero-order valence-electron chi connectivity index (χ0n) is 9.51. The Morgan fingerprint density at radius 2 is 2.17 bits per heavy atom. The van der Waals surface area contributed by atoms with Gasteiger partial charge < -0.3 is 4.74 Å². The summed E-state index contributed by atoms with van der Waals surface area (Å²) in [6.07, 6.45) is 0. The number of amides is 1. The summed E-state index contributed by atoms with van der Waals surface area (Å²) in [5, 5.41) is 3.22. The standard InChI is InChI=1S/C11H10ClN3O2S/c1-17-8-4-2-7(3-5-8)10-14-11(15-18-10)13-9(16)6-12/h2-5H,6H2,1H3,(H,13,15,16). The molecule has 0 aliphatic rings. The van der Waals surface area contributed by atoms with Gasteiger partial charge in [-0.25, -0.2) is 0 Å². The van der Waals surface area contributed by atoms with Crippen molar-refractivity contribution in [2.24, 2.45) is 0 Å². The minimum absolute atomic E-state index is 0.114. The number of anilines is 1. The number of methoxy groups -OCH3 is 1. The van der Waals surface area contributed by atoms with Crippen LogP contribution in [-0.2, 0) is 4.79 Å². The van der Waals surface area contributed by atoms with Gasteiger partial charge in [0.05, 0.1) is 7.11 Å². The topological polar surface area (TPSA) is 64.1 Å². The van der Waals surface area contributed by atoms with E-state index < -0.39 is 0 Å². The van der Waals surface area contributed by atoms with Gasteiger partial charge in [0.25, 0.3) is 0 Å². The fourth-order valence-electron chi connectivity index (χ4n) is 1.28. The van der Waals surface area contributed by atoms with E-state index in [1.54, 1.807) is 7.11 Å². The molecule has 0 spiro atoms. The Balaban J connectivity index is 2.15. The highest BCUT2D eigenvalue weighted by molar-refractivity contribution is 7.09. The summed E-state index contributed by atoms with van der Waals surface area (Å²) in [5.41, 5.74) is 0.916. The van der Waals surface area contributed by atoms with Crippen molar-refractivity contribution in [2.75, 3.05) is 18.3 Å². The minimum Gasteiger partial charge on any atom is -0.497 e. The van der Waals surface area contributed by atoms with Gasteiger partial charge in [-0.05, 0) is 35.8 Å². The number of carbonyl (C=O) groups excluding carboxylic acids is 1. The quantitative estimate of drug-likeness (QED) is 0.875. The molecule has 0 bridgehead atoms. The molecular weight excluding hydrogens is 274 g/mol. The van der Waals surface area contributed by atoms with Crippen LogP contribution in [0.1, 0.15) is 0 Å². The van der Waals surface area contributed by atoms with E-state index in [0.717, 1.165) is 16.3 Å². The molecule has 1 N–H and O–H groups in total. The lowest BCUT2D eigenvalue weighted by Crippen LogP contribution is -2.13. The molecule has 0 unspecified atom stereocenters. The summed E-state index contributed by atoms with van der Waals surface area (Å²) >= 11 is 6.59. The molecule has 0 saturated carbocycles. The third-order valence-electron chi connectivity index (χ3n) is 2.14. The number of hydrogen-bond donors (Lipinski definition) is 1. The molecule has 5 nitrogen and oxygen atoms in total. The van der Waals surface area contributed by atoms with Gasteiger partial charge in [0, 0.05) is 5.56 Å². The maximum absolute atomic E-state index is 11.1. The van der Waals surface area contributed by atoms with Gasteiger partial charge in [-0.15, -0.1) is 11.6 Å². The molecule has 94 valence electrons. The van der Waals surface area contributed by atoms with Crippen molar-refractivity contribution in [3.05, 3.63) is 24.3 Å². The fraction of sp³-hybridized carbons (Fsp3) is 0.182.